The van der Waals surface area contributed by atoms with Crippen LogP contribution in [0.2, 0.25) is 0 Å². The second-order valence-corrected chi connectivity index (χ2v) is 20.4. The van der Waals surface area contributed by atoms with E-state index in [1.165, 1.54) is 141 Å². The van der Waals surface area contributed by atoms with Crippen molar-refractivity contribution in [3.63, 3.8) is 0 Å². The summed E-state index contributed by atoms with van der Waals surface area (Å²) < 4.78 is 0. The number of benzene rings is 1. The van der Waals surface area contributed by atoms with Gasteiger partial charge >= 0.3 is 0 Å². The van der Waals surface area contributed by atoms with Gasteiger partial charge in [0.15, 0.2) is 0 Å². The molecule has 296 valence electrons. The minimum atomic E-state index is 0.564. The van der Waals surface area contributed by atoms with Crippen molar-refractivity contribution in [3.05, 3.63) is 113 Å². The molecule has 8 aliphatic carbocycles. The molecule has 2 heterocycles. The first-order valence-electron chi connectivity index (χ1n) is 24.2. The monoisotopic (exact) mass is 747 g/mol. The standard InChI is InChI=1S/C54H70N2/c1-4-14-37(15-5-1)40-24-28-45(29-25-40)55-51-22-12-10-20-47(51)49-35-41(26-30-53(49)55)42-27-31-54-50(36-42)48-21-11-13-23-52(48)56(54)46-33-43(38-16-6-2-7-17-38)32-44(34-46)39-18-8-3-9-19-39/h1,4,6,10-11,14,16,20-21,27,30-32,36,38-41,44-49,51-52H,2-3,5,7-9,12-13,15,17-19,22-26,28-29,33-35H2. The number of likely N-dealkylation sites (tertiary alicyclic amines) is 1. The van der Waals surface area contributed by atoms with Gasteiger partial charge in [0.2, 0.25) is 0 Å². The summed E-state index contributed by atoms with van der Waals surface area (Å²) >= 11 is 0. The molecule has 0 aromatic heterocycles. The predicted octanol–water partition coefficient (Wildman–Crippen LogP) is 13.8. The van der Waals surface area contributed by atoms with Crippen molar-refractivity contribution in [1.82, 2.24) is 4.90 Å². The fraction of sp³-hybridized carbons (Fsp3) is 0.630. The Hall–Kier alpha value is -3.00. The minimum Gasteiger partial charge on any atom is -0.368 e. The van der Waals surface area contributed by atoms with E-state index in [1.54, 1.807) is 33.7 Å². The van der Waals surface area contributed by atoms with E-state index in [4.69, 9.17) is 0 Å². The van der Waals surface area contributed by atoms with Gasteiger partial charge < -0.3 is 9.80 Å². The van der Waals surface area contributed by atoms with Gasteiger partial charge in [-0.1, -0.05) is 109 Å². The summed E-state index contributed by atoms with van der Waals surface area (Å²) in [5, 5.41) is 0. The Morgan fingerprint density at radius 3 is 2.32 bits per heavy atom. The Balaban J connectivity index is 0.857. The van der Waals surface area contributed by atoms with Crippen LogP contribution in [0, 0.1) is 35.5 Å². The third-order valence-electron chi connectivity index (χ3n) is 17.5. The Labute approximate surface area is 340 Å². The highest BCUT2D eigenvalue weighted by molar-refractivity contribution is 5.66. The molecule has 11 rings (SSSR count). The van der Waals surface area contributed by atoms with E-state index in [2.05, 4.69) is 94.8 Å². The predicted molar refractivity (Wildman–Crippen MR) is 235 cm³/mol. The highest BCUT2D eigenvalue weighted by atomic mass is 15.2. The van der Waals surface area contributed by atoms with Crippen molar-refractivity contribution >= 4 is 5.69 Å². The van der Waals surface area contributed by atoms with Gasteiger partial charge in [-0.25, -0.2) is 0 Å². The first-order chi connectivity index (χ1) is 27.8. The van der Waals surface area contributed by atoms with Gasteiger partial charge in [0.05, 0.1) is 0 Å². The summed E-state index contributed by atoms with van der Waals surface area (Å²) in [4.78, 5) is 6.10. The molecule has 2 aliphatic heterocycles. The summed E-state index contributed by atoms with van der Waals surface area (Å²) in [5.41, 5.74) is 10.2. The van der Waals surface area contributed by atoms with E-state index in [0.717, 1.165) is 29.8 Å². The molecular formula is C54H70N2. The second kappa shape index (κ2) is 15.6. The molecular weight excluding hydrogens is 677 g/mol. The lowest BCUT2D eigenvalue weighted by Gasteiger charge is -2.44. The fourth-order valence-electron chi connectivity index (χ4n) is 14.8. The molecule has 0 N–H and O–H groups in total. The molecule has 3 fully saturated rings. The zero-order valence-electron chi connectivity index (χ0n) is 34.5. The summed E-state index contributed by atoms with van der Waals surface area (Å²) in [6.07, 6.45) is 58.1. The van der Waals surface area contributed by atoms with Gasteiger partial charge in [-0.15, -0.1) is 0 Å². The first kappa shape index (κ1) is 36.1. The molecule has 9 atom stereocenters. The minimum absolute atomic E-state index is 0.564. The lowest BCUT2D eigenvalue weighted by Crippen LogP contribution is -2.46. The largest absolute Gasteiger partial charge is 0.368 e. The van der Waals surface area contributed by atoms with E-state index in [0.29, 0.717) is 41.7 Å². The Bertz CT molecular complexity index is 1820. The van der Waals surface area contributed by atoms with Crippen molar-refractivity contribution < 1.29 is 0 Å². The summed E-state index contributed by atoms with van der Waals surface area (Å²) in [6, 6.07) is 10.8. The van der Waals surface area contributed by atoms with E-state index >= 15 is 0 Å². The van der Waals surface area contributed by atoms with E-state index in [-0.39, 0.29) is 0 Å². The zero-order valence-corrected chi connectivity index (χ0v) is 34.5. The number of nitrogens with zero attached hydrogens (tertiary/aromatic N) is 2. The van der Waals surface area contributed by atoms with Crippen LogP contribution < -0.4 is 4.90 Å². The molecule has 2 nitrogen and oxygen atoms in total. The highest BCUT2D eigenvalue weighted by Gasteiger charge is 2.50. The van der Waals surface area contributed by atoms with Gasteiger partial charge in [-0.2, -0.15) is 0 Å². The van der Waals surface area contributed by atoms with Crippen molar-refractivity contribution in [2.45, 2.75) is 177 Å². The lowest BCUT2D eigenvalue weighted by molar-refractivity contribution is 0.139. The van der Waals surface area contributed by atoms with Crippen molar-refractivity contribution in [1.29, 1.82) is 0 Å². The van der Waals surface area contributed by atoms with Crippen molar-refractivity contribution in [2.75, 3.05) is 4.90 Å². The summed E-state index contributed by atoms with van der Waals surface area (Å²) in [6.45, 7) is 0. The number of hydrogen-bond donors (Lipinski definition) is 0. The fourth-order valence-corrected chi connectivity index (χ4v) is 14.8. The van der Waals surface area contributed by atoms with Crippen LogP contribution in [-0.2, 0) is 0 Å². The van der Waals surface area contributed by atoms with Gasteiger partial charge in [0, 0.05) is 53.3 Å². The molecule has 0 bridgehead atoms. The van der Waals surface area contributed by atoms with Crippen molar-refractivity contribution in [3.8, 4) is 0 Å². The number of rotatable bonds is 6. The molecule has 56 heavy (non-hydrogen) atoms. The molecule has 0 spiro atoms. The zero-order chi connectivity index (χ0) is 37.0. The molecule has 2 heteroatoms. The number of fused-ring (bicyclic) bond motifs is 6. The Morgan fingerprint density at radius 1 is 0.625 bits per heavy atom. The van der Waals surface area contributed by atoms with Crippen LogP contribution >= 0.6 is 0 Å². The van der Waals surface area contributed by atoms with Gasteiger partial charge in [0.1, 0.15) is 0 Å². The number of hydrogen-bond acceptors (Lipinski definition) is 2. The number of allylic oxidation sites excluding steroid dienone is 11. The topological polar surface area (TPSA) is 6.48 Å². The molecule has 1 aromatic rings. The molecule has 1 aromatic carbocycles. The molecule has 9 unspecified atom stereocenters. The van der Waals surface area contributed by atoms with Crippen LogP contribution in [0.15, 0.2) is 102 Å². The van der Waals surface area contributed by atoms with Crippen LogP contribution in [-0.4, -0.2) is 29.1 Å². The SMILES string of the molecule is C1=CCCC(C2CCC(N3C4=CCC(c5ccc6c(c5)C5C=CCCC5N6C5CC(C6C=CCCC6)=CC(C6CCCCC6)C5)CC4C4C=CCCC43)CC2)=C1. The number of anilines is 1. The normalized spacial score (nSPS) is 39.4. The van der Waals surface area contributed by atoms with Crippen LogP contribution in [0.25, 0.3) is 0 Å². The van der Waals surface area contributed by atoms with Gasteiger partial charge in [-0.05, 0) is 169 Å². The molecule has 0 radical (unpaired) electrons. The second-order valence-electron chi connectivity index (χ2n) is 20.4. The highest BCUT2D eigenvalue weighted by Crippen LogP contribution is 2.55. The Morgan fingerprint density at radius 2 is 1.48 bits per heavy atom. The maximum atomic E-state index is 3.05. The maximum Gasteiger partial charge on any atom is 0.0411 e. The molecule has 1 saturated heterocycles. The first-order valence-corrected chi connectivity index (χ1v) is 24.2. The van der Waals surface area contributed by atoms with Crippen LogP contribution in [0.5, 0.6) is 0 Å². The van der Waals surface area contributed by atoms with Crippen LogP contribution in [0.3, 0.4) is 0 Å². The van der Waals surface area contributed by atoms with Crippen molar-refractivity contribution in [2.24, 2.45) is 35.5 Å². The van der Waals surface area contributed by atoms with Crippen LogP contribution in [0.1, 0.15) is 164 Å². The third kappa shape index (κ3) is 6.60. The average molecular weight is 747 g/mol. The molecule has 0 amide bonds. The van der Waals surface area contributed by atoms with E-state index < -0.39 is 0 Å². The smallest absolute Gasteiger partial charge is 0.0411 e. The van der Waals surface area contributed by atoms with Crippen LogP contribution in [0.4, 0.5) is 5.69 Å². The molecule has 10 aliphatic rings. The Kier molecular flexibility index (Phi) is 10.1. The van der Waals surface area contributed by atoms with Gasteiger partial charge in [-0.3, -0.25) is 0 Å². The summed E-state index contributed by atoms with van der Waals surface area (Å²) in [7, 11) is 0. The third-order valence-corrected chi connectivity index (χ3v) is 17.5. The summed E-state index contributed by atoms with van der Waals surface area (Å²) in [5.74, 6) is 5.81. The average Bonchev–Trinajstić information content (AvgIpc) is 3.79. The maximum absolute atomic E-state index is 3.05. The van der Waals surface area contributed by atoms with E-state index in [9.17, 15) is 0 Å². The van der Waals surface area contributed by atoms with Gasteiger partial charge in [0.25, 0.3) is 0 Å². The quantitative estimate of drug-likeness (QED) is 0.268. The molecule has 2 saturated carbocycles. The lowest BCUT2D eigenvalue weighted by atomic mass is 9.70. The van der Waals surface area contributed by atoms with E-state index in [1.807, 2.05) is 0 Å².